The molecule has 1 N–H and O–H groups in total. The van der Waals surface area contributed by atoms with Gasteiger partial charge in [0, 0.05) is 6.42 Å². The molecule has 0 bridgehead atoms. The summed E-state index contributed by atoms with van der Waals surface area (Å²) in [5.74, 6) is -0.880. The zero-order valence-corrected chi connectivity index (χ0v) is 7.06. The number of benzene rings is 1. The van der Waals surface area contributed by atoms with Crippen LogP contribution < -0.4 is 0 Å². The first-order valence-corrected chi connectivity index (χ1v) is 4.18. The summed E-state index contributed by atoms with van der Waals surface area (Å²) < 4.78 is 5.17. The molecule has 0 radical (unpaired) electrons. The largest absolute Gasteiger partial charge is 0.479 e. The van der Waals surface area contributed by atoms with Crippen LogP contribution in [0, 0.1) is 0 Å². The van der Waals surface area contributed by atoms with Gasteiger partial charge in [-0.2, -0.15) is 0 Å². The molecule has 1 aromatic carbocycles. The maximum atomic E-state index is 10.6. The van der Waals surface area contributed by atoms with Crippen molar-refractivity contribution in [3.05, 3.63) is 35.4 Å². The average Bonchev–Trinajstić information content (AvgIpc) is 2.17. The minimum Gasteiger partial charge on any atom is -0.479 e. The molecule has 0 saturated carbocycles. The standard InChI is InChI=1S/C10H10O3/c11-10(12)9-5-7-3-1-2-4-8(7)6-13-9/h1-4,9H,5-6H2,(H,11,12). The summed E-state index contributed by atoms with van der Waals surface area (Å²) in [5, 5.41) is 8.74. The molecule has 13 heavy (non-hydrogen) atoms. The molecule has 3 heteroatoms. The van der Waals surface area contributed by atoms with Crippen LogP contribution >= 0.6 is 0 Å². The van der Waals surface area contributed by atoms with E-state index in [0.717, 1.165) is 11.1 Å². The van der Waals surface area contributed by atoms with Gasteiger partial charge in [0.25, 0.3) is 0 Å². The first-order chi connectivity index (χ1) is 6.27. The molecule has 2 rings (SSSR count). The molecule has 0 spiro atoms. The van der Waals surface area contributed by atoms with Crippen LogP contribution in [0.2, 0.25) is 0 Å². The Hall–Kier alpha value is -1.35. The lowest BCUT2D eigenvalue weighted by molar-refractivity contribution is -0.152. The predicted octanol–water partition coefficient (Wildman–Crippen LogP) is 1.21. The zero-order valence-electron chi connectivity index (χ0n) is 7.06. The summed E-state index contributed by atoms with van der Waals surface area (Å²) in [6, 6.07) is 7.77. The van der Waals surface area contributed by atoms with Crippen LogP contribution in [0.5, 0.6) is 0 Å². The first kappa shape index (κ1) is 8.26. The maximum absolute atomic E-state index is 10.6. The number of carbonyl (C=O) groups is 1. The third-order valence-electron chi connectivity index (χ3n) is 2.24. The quantitative estimate of drug-likeness (QED) is 0.703. The van der Waals surface area contributed by atoms with Crippen LogP contribution in [0.4, 0.5) is 0 Å². The number of hydrogen-bond donors (Lipinski definition) is 1. The number of ether oxygens (including phenoxy) is 1. The third kappa shape index (κ3) is 1.55. The van der Waals surface area contributed by atoms with Gasteiger partial charge in [0.15, 0.2) is 6.10 Å². The van der Waals surface area contributed by atoms with E-state index in [1.54, 1.807) is 0 Å². The second-order valence-electron chi connectivity index (χ2n) is 3.11. The summed E-state index contributed by atoms with van der Waals surface area (Å²) in [7, 11) is 0. The Morgan fingerprint density at radius 1 is 1.38 bits per heavy atom. The van der Waals surface area contributed by atoms with E-state index in [2.05, 4.69) is 0 Å². The molecule has 0 amide bonds. The van der Waals surface area contributed by atoms with Crippen molar-refractivity contribution in [2.24, 2.45) is 0 Å². The molecule has 0 saturated heterocycles. The van der Waals surface area contributed by atoms with E-state index >= 15 is 0 Å². The van der Waals surface area contributed by atoms with Gasteiger partial charge in [-0.1, -0.05) is 24.3 Å². The van der Waals surface area contributed by atoms with Gasteiger partial charge in [-0.3, -0.25) is 0 Å². The lowest BCUT2D eigenvalue weighted by Gasteiger charge is -2.21. The molecule has 1 atom stereocenters. The highest BCUT2D eigenvalue weighted by Crippen LogP contribution is 2.19. The molecular weight excluding hydrogens is 168 g/mol. The van der Waals surface area contributed by atoms with Crippen LogP contribution in [0.3, 0.4) is 0 Å². The Bertz CT molecular complexity index is 333. The highest BCUT2D eigenvalue weighted by Gasteiger charge is 2.24. The van der Waals surface area contributed by atoms with Gasteiger partial charge in [0.2, 0.25) is 0 Å². The van der Waals surface area contributed by atoms with Crippen molar-refractivity contribution in [3.63, 3.8) is 0 Å². The summed E-state index contributed by atoms with van der Waals surface area (Å²) in [6.45, 7) is 0.410. The Kier molecular flexibility index (Phi) is 2.02. The number of fused-ring (bicyclic) bond motifs is 1. The van der Waals surface area contributed by atoms with E-state index in [0.29, 0.717) is 13.0 Å². The highest BCUT2D eigenvalue weighted by molar-refractivity contribution is 5.73. The molecule has 1 aliphatic heterocycles. The average molecular weight is 178 g/mol. The van der Waals surface area contributed by atoms with Crippen molar-refractivity contribution in [2.45, 2.75) is 19.1 Å². The lowest BCUT2D eigenvalue weighted by atomic mass is 9.99. The minimum absolute atomic E-state index is 0.410. The predicted molar refractivity (Wildman–Crippen MR) is 46.4 cm³/mol. The smallest absolute Gasteiger partial charge is 0.333 e. The monoisotopic (exact) mass is 178 g/mol. The van der Waals surface area contributed by atoms with Crippen LogP contribution in [0.15, 0.2) is 24.3 Å². The minimum atomic E-state index is -0.880. The van der Waals surface area contributed by atoms with Crippen molar-refractivity contribution >= 4 is 5.97 Å². The molecule has 1 aromatic rings. The summed E-state index contributed by atoms with van der Waals surface area (Å²) in [5.41, 5.74) is 2.18. The molecule has 1 aliphatic rings. The zero-order chi connectivity index (χ0) is 9.26. The molecule has 1 unspecified atom stereocenters. The van der Waals surface area contributed by atoms with E-state index in [4.69, 9.17) is 9.84 Å². The van der Waals surface area contributed by atoms with Crippen molar-refractivity contribution in [1.29, 1.82) is 0 Å². The van der Waals surface area contributed by atoms with Crippen LogP contribution in [0.25, 0.3) is 0 Å². The van der Waals surface area contributed by atoms with E-state index in [9.17, 15) is 4.79 Å². The Labute approximate surface area is 76.0 Å². The van der Waals surface area contributed by atoms with E-state index in [1.165, 1.54) is 0 Å². The first-order valence-electron chi connectivity index (χ1n) is 4.18. The van der Waals surface area contributed by atoms with Crippen molar-refractivity contribution < 1.29 is 14.6 Å². The Morgan fingerprint density at radius 2 is 2.08 bits per heavy atom. The molecule has 3 nitrogen and oxygen atoms in total. The number of rotatable bonds is 1. The van der Waals surface area contributed by atoms with Gasteiger partial charge in [-0.15, -0.1) is 0 Å². The van der Waals surface area contributed by atoms with Crippen LogP contribution in [-0.4, -0.2) is 17.2 Å². The number of aliphatic carboxylic acids is 1. The molecule has 1 heterocycles. The molecule has 0 aromatic heterocycles. The van der Waals surface area contributed by atoms with E-state index in [-0.39, 0.29) is 0 Å². The Balaban J connectivity index is 2.24. The second-order valence-corrected chi connectivity index (χ2v) is 3.11. The summed E-state index contributed by atoms with van der Waals surface area (Å²) in [4.78, 5) is 10.6. The van der Waals surface area contributed by atoms with E-state index in [1.807, 2.05) is 24.3 Å². The normalized spacial score (nSPS) is 20.8. The maximum Gasteiger partial charge on any atom is 0.333 e. The molecular formula is C10H10O3. The summed E-state index contributed by atoms with van der Waals surface area (Å²) >= 11 is 0. The number of hydrogen-bond acceptors (Lipinski definition) is 2. The SMILES string of the molecule is O=C(O)C1Cc2ccccc2CO1. The lowest BCUT2D eigenvalue weighted by Crippen LogP contribution is -2.30. The fourth-order valence-corrected chi connectivity index (χ4v) is 1.51. The summed E-state index contributed by atoms with van der Waals surface area (Å²) in [6.07, 6.45) is -0.194. The topological polar surface area (TPSA) is 46.5 Å². The molecule has 0 fully saturated rings. The van der Waals surface area contributed by atoms with Gasteiger partial charge in [0.1, 0.15) is 0 Å². The fourth-order valence-electron chi connectivity index (χ4n) is 1.51. The fraction of sp³-hybridized carbons (Fsp3) is 0.300. The van der Waals surface area contributed by atoms with Crippen LogP contribution in [-0.2, 0) is 22.6 Å². The molecule has 68 valence electrons. The van der Waals surface area contributed by atoms with Crippen LogP contribution in [0.1, 0.15) is 11.1 Å². The second kappa shape index (κ2) is 3.18. The van der Waals surface area contributed by atoms with Gasteiger partial charge in [0.05, 0.1) is 6.61 Å². The number of carboxylic acid groups (broad SMARTS) is 1. The van der Waals surface area contributed by atoms with Crippen molar-refractivity contribution in [1.82, 2.24) is 0 Å². The number of carboxylic acids is 1. The van der Waals surface area contributed by atoms with Gasteiger partial charge < -0.3 is 9.84 Å². The van der Waals surface area contributed by atoms with Gasteiger partial charge >= 0.3 is 5.97 Å². The van der Waals surface area contributed by atoms with Crippen molar-refractivity contribution in [2.75, 3.05) is 0 Å². The van der Waals surface area contributed by atoms with Crippen molar-refractivity contribution in [3.8, 4) is 0 Å². The third-order valence-corrected chi connectivity index (χ3v) is 2.24. The highest BCUT2D eigenvalue weighted by atomic mass is 16.5. The Morgan fingerprint density at radius 3 is 2.77 bits per heavy atom. The van der Waals surface area contributed by atoms with Gasteiger partial charge in [-0.05, 0) is 11.1 Å². The van der Waals surface area contributed by atoms with Gasteiger partial charge in [-0.25, -0.2) is 4.79 Å². The van der Waals surface area contributed by atoms with E-state index < -0.39 is 12.1 Å². The molecule has 0 aliphatic carbocycles.